The number of aryl methyl sites for hydroxylation is 1. The van der Waals surface area contributed by atoms with Crippen LogP contribution in [-0.4, -0.2) is 31.6 Å². The van der Waals surface area contributed by atoms with E-state index in [4.69, 9.17) is 5.73 Å². The molecule has 1 aliphatic rings. The van der Waals surface area contributed by atoms with Gasteiger partial charge in [0.2, 0.25) is 0 Å². The van der Waals surface area contributed by atoms with Crippen LogP contribution in [0.4, 0.5) is 0 Å². The van der Waals surface area contributed by atoms with Crippen molar-refractivity contribution in [3.8, 4) is 0 Å². The van der Waals surface area contributed by atoms with Crippen LogP contribution >= 0.6 is 0 Å². The summed E-state index contributed by atoms with van der Waals surface area (Å²) in [6.07, 6.45) is 6.27. The van der Waals surface area contributed by atoms with E-state index in [-0.39, 0.29) is 0 Å². The summed E-state index contributed by atoms with van der Waals surface area (Å²) in [6.45, 7) is 5.35. The molecule has 0 heterocycles. The van der Waals surface area contributed by atoms with Gasteiger partial charge in [-0.3, -0.25) is 0 Å². The largest absolute Gasteiger partial charge is 0.330 e. The number of nitrogens with two attached hydrogens (primary N) is 1. The van der Waals surface area contributed by atoms with Crippen LogP contribution in [0.25, 0.3) is 0 Å². The fourth-order valence-electron chi connectivity index (χ4n) is 3.02. The third-order valence-electron chi connectivity index (χ3n) is 4.67. The molecular weight excluding hydrogens is 232 g/mol. The van der Waals surface area contributed by atoms with Gasteiger partial charge in [-0.1, -0.05) is 37.6 Å². The van der Waals surface area contributed by atoms with Crippen molar-refractivity contribution >= 4 is 0 Å². The summed E-state index contributed by atoms with van der Waals surface area (Å²) in [7, 11) is 2.23. The molecule has 0 aromatic heterocycles. The summed E-state index contributed by atoms with van der Waals surface area (Å²) < 4.78 is 0. The minimum absolute atomic E-state index is 0.431. The molecule has 0 amide bonds. The zero-order chi connectivity index (χ0) is 13.7. The third-order valence-corrected chi connectivity index (χ3v) is 4.67. The minimum atomic E-state index is 0.431. The molecular formula is C17H28N2. The Bertz CT molecular complexity index is 373. The molecule has 1 saturated carbocycles. The van der Waals surface area contributed by atoms with Crippen molar-refractivity contribution in [1.29, 1.82) is 0 Å². The van der Waals surface area contributed by atoms with E-state index in [9.17, 15) is 0 Å². The van der Waals surface area contributed by atoms with Crippen molar-refractivity contribution < 1.29 is 0 Å². The monoisotopic (exact) mass is 260 g/mol. The molecule has 0 saturated heterocycles. The van der Waals surface area contributed by atoms with E-state index < -0.39 is 0 Å². The first-order valence-corrected chi connectivity index (χ1v) is 7.64. The average molecular weight is 260 g/mol. The van der Waals surface area contributed by atoms with E-state index in [2.05, 4.69) is 43.1 Å². The van der Waals surface area contributed by atoms with Crippen molar-refractivity contribution in [3.05, 3.63) is 35.4 Å². The number of benzene rings is 1. The van der Waals surface area contributed by atoms with Gasteiger partial charge in [0.25, 0.3) is 0 Å². The zero-order valence-corrected chi connectivity index (χ0v) is 12.5. The van der Waals surface area contributed by atoms with E-state index in [0.717, 1.165) is 32.5 Å². The molecule has 0 unspecified atom stereocenters. The first-order chi connectivity index (χ1) is 9.17. The summed E-state index contributed by atoms with van der Waals surface area (Å²) in [5.41, 5.74) is 9.23. The number of rotatable bonds is 7. The smallest absolute Gasteiger partial charge is 0.00471 e. The summed E-state index contributed by atoms with van der Waals surface area (Å²) in [5, 5.41) is 0. The predicted molar refractivity (Wildman–Crippen MR) is 82.4 cm³/mol. The highest BCUT2D eigenvalue weighted by Crippen LogP contribution is 2.40. The van der Waals surface area contributed by atoms with Crippen molar-refractivity contribution in [1.82, 2.24) is 4.90 Å². The lowest BCUT2D eigenvalue weighted by atomic mass is 9.68. The number of hydrogen-bond acceptors (Lipinski definition) is 2. The normalized spacial score (nSPS) is 17.5. The second-order valence-electron chi connectivity index (χ2n) is 6.22. The quantitative estimate of drug-likeness (QED) is 0.817. The maximum atomic E-state index is 5.93. The van der Waals surface area contributed by atoms with Crippen molar-refractivity contribution in [2.45, 2.75) is 39.0 Å². The Labute approximate surface area is 118 Å². The van der Waals surface area contributed by atoms with Crippen LogP contribution in [0, 0.1) is 5.41 Å². The zero-order valence-electron chi connectivity index (χ0n) is 12.5. The topological polar surface area (TPSA) is 29.3 Å². The van der Waals surface area contributed by atoms with Crippen LogP contribution in [0.2, 0.25) is 0 Å². The molecule has 0 atom stereocenters. The molecule has 0 aliphatic heterocycles. The summed E-state index contributed by atoms with van der Waals surface area (Å²) in [6, 6.07) is 9.05. The van der Waals surface area contributed by atoms with Crippen LogP contribution in [0.15, 0.2) is 24.3 Å². The van der Waals surface area contributed by atoms with E-state index >= 15 is 0 Å². The van der Waals surface area contributed by atoms with Crippen molar-refractivity contribution in [2.24, 2.45) is 11.1 Å². The lowest BCUT2D eigenvalue weighted by Crippen LogP contribution is -2.46. The molecule has 2 rings (SSSR count). The Morgan fingerprint density at radius 1 is 1.16 bits per heavy atom. The summed E-state index contributed by atoms with van der Waals surface area (Å²) >= 11 is 0. The molecule has 19 heavy (non-hydrogen) atoms. The molecule has 2 nitrogen and oxygen atoms in total. The van der Waals surface area contributed by atoms with Gasteiger partial charge in [0.05, 0.1) is 0 Å². The Kier molecular flexibility index (Phi) is 5.00. The van der Waals surface area contributed by atoms with Crippen LogP contribution < -0.4 is 5.73 Å². The second-order valence-corrected chi connectivity index (χ2v) is 6.22. The van der Waals surface area contributed by atoms with Gasteiger partial charge >= 0.3 is 0 Å². The highest BCUT2D eigenvalue weighted by atomic mass is 15.1. The molecule has 2 heteroatoms. The molecule has 0 spiro atoms. The van der Waals surface area contributed by atoms with Crippen LogP contribution in [0.5, 0.6) is 0 Å². The highest BCUT2D eigenvalue weighted by molar-refractivity contribution is 5.22. The number of nitrogens with zero attached hydrogens (tertiary/aromatic N) is 1. The molecule has 1 fully saturated rings. The van der Waals surface area contributed by atoms with Crippen LogP contribution in [-0.2, 0) is 12.8 Å². The molecule has 2 N–H and O–H groups in total. The Morgan fingerprint density at radius 2 is 1.79 bits per heavy atom. The first kappa shape index (κ1) is 14.5. The Morgan fingerprint density at radius 3 is 2.26 bits per heavy atom. The Balaban J connectivity index is 1.77. The molecule has 1 aliphatic carbocycles. The highest BCUT2D eigenvalue weighted by Gasteiger charge is 2.36. The fourth-order valence-corrected chi connectivity index (χ4v) is 3.02. The lowest BCUT2D eigenvalue weighted by molar-refractivity contribution is 0.0882. The van der Waals surface area contributed by atoms with Crippen molar-refractivity contribution in [2.75, 3.05) is 26.7 Å². The first-order valence-electron chi connectivity index (χ1n) is 7.64. The predicted octanol–water partition coefficient (Wildman–Crippen LogP) is 2.85. The maximum Gasteiger partial charge on any atom is 0.00471 e. The standard InChI is InChI=1S/C17H28N2/c1-3-15-5-7-16(8-6-15)9-12-19(2)14-17(13-18)10-4-11-17/h5-8H,3-4,9-14,18H2,1-2H3. The third kappa shape index (κ3) is 3.80. The second kappa shape index (κ2) is 6.53. The van der Waals surface area contributed by atoms with Gasteiger partial charge in [-0.15, -0.1) is 0 Å². The van der Waals surface area contributed by atoms with Gasteiger partial charge in [0.1, 0.15) is 0 Å². The summed E-state index contributed by atoms with van der Waals surface area (Å²) in [4.78, 5) is 2.46. The lowest BCUT2D eigenvalue weighted by Gasteiger charge is -2.43. The molecule has 1 aromatic rings. The molecule has 0 radical (unpaired) electrons. The van der Waals surface area contributed by atoms with Gasteiger partial charge in [-0.25, -0.2) is 0 Å². The number of hydrogen-bond donors (Lipinski definition) is 1. The van der Waals surface area contributed by atoms with Crippen molar-refractivity contribution in [3.63, 3.8) is 0 Å². The molecule has 0 bridgehead atoms. The summed E-state index contributed by atoms with van der Waals surface area (Å²) in [5.74, 6) is 0. The SMILES string of the molecule is CCc1ccc(CCN(C)CC2(CN)CCC2)cc1. The molecule has 106 valence electrons. The van der Waals surface area contributed by atoms with Gasteiger partial charge in [0.15, 0.2) is 0 Å². The molecule has 1 aromatic carbocycles. The van der Waals surface area contributed by atoms with Gasteiger partial charge in [0, 0.05) is 13.1 Å². The van der Waals surface area contributed by atoms with Crippen LogP contribution in [0.3, 0.4) is 0 Å². The van der Waals surface area contributed by atoms with E-state index in [1.54, 1.807) is 0 Å². The minimum Gasteiger partial charge on any atom is -0.330 e. The number of likely N-dealkylation sites (N-methyl/N-ethyl adjacent to an activating group) is 1. The van der Waals surface area contributed by atoms with E-state index in [1.165, 1.54) is 30.4 Å². The maximum absolute atomic E-state index is 5.93. The van der Waals surface area contributed by atoms with Gasteiger partial charge in [-0.05, 0) is 55.8 Å². The van der Waals surface area contributed by atoms with E-state index in [0.29, 0.717) is 5.41 Å². The van der Waals surface area contributed by atoms with E-state index in [1.807, 2.05) is 0 Å². The average Bonchev–Trinajstić information content (AvgIpc) is 2.41. The Hall–Kier alpha value is -0.860. The van der Waals surface area contributed by atoms with Crippen LogP contribution in [0.1, 0.15) is 37.3 Å². The fraction of sp³-hybridized carbons (Fsp3) is 0.647. The van der Waals surface area contributed by atoms with Gasteiger partial charge < -0.3 is 10.6 Å². The van der Waals surface area contributed by atoms with Gasteiger partial charge in [-0.2, -0.15) is 0 Å².